The molecule has 0 saturated carbocycles. The molecule has 0 aliphatic carbocycles. The Labute approximate surface area is 141 Å². The maximum atomic E-state index is 4.58. The molecule has 19 heavy (non-hydrogen) atoms. The first-order valence-corrected chi connectivity index (χ1v) is 8.66. The van der Waals surface area contributed by atoms with Gasteiger partial charge in [-0.25, -0.2) is 0 Å². The minimum atomic E-state index is 0.468. The fourth-order valence-corrected chi connectivity index (χ4v) is 3.63. The van der Waals surface area contributed by atoms with Crippen LogP contribution < -0.4 is 0 Å². The zero-order valence-corrected chi connectivity index (χ0v) is 16.4. The van der Waals surface area contributed by atoms with Crippen molar-refractivity contribution in [2.24, 2.45) is 11.8 Å². The summed E-state index contributed by atoms with van der Waals surface area (Å²) in [4.78, 5) is 4.13. The van der Waals surface area contributed by atoms with Crippen molar-refractivity contribution in [3.63, 3.8) is 0 Å². The summed E-state index contributed by atoms with van der Waals surface area (Å²) in [6, 6.07) is 0. The predicted molar refractivity (Wildman–Crippen MR) is 102 cm³/mol. The van der Waals surface area contributed by atoms with Crippen molar-refractivity contribution >= 4 is 52.9 Å². The number of hydrogen-bond acceptors (Lipinski definition) is 3. The topological polar surface area (TPSA) is 0 Å². The SMILES string of the molecule is C=C(S)/C=C(\C)S/C(C)=C/C(S)=C(\Br)[C@H](C)C(C)C. The van der Waals surface area contributed by atoms with Gasteiger partial charge < -0.3 is 0 Å². The fraction of sp³-hybridized carbons (Fsp3) is 0.467. The second kappa shape index (κ2) is 9.43. The van der Waals surface area contributed by atoms with E-state index in [0.29, 0.717) is 11.8 Å². The lowest BCUT2D eigenvalue weighted by molar-refractivity contribution is 0.499. The van der Waals surface area contributed by atoms with Crippen LogP contribution >= 0.6 is 52.9 Å². The quantitative estimate of drug-likeness (QED) is 0.378. The average Bonchev–Trinajstić information content (AvgIpc) is 2.24. The third-order valence-electron chi connectivity index (χ3n) is 2.68. The Morgan fingerprint density at radius 2 is 1.58 bits per heavy atom. The van der Waals surface area contributed by atoms with E-state index in [-0.39, 0.29) is 0 Å². The van der Waals surface area contributed by atoms with Crippen molar-refractivity contribution in [2.45, 2.75) is 34.6 Å². The molecule has 0 aromatic carbocycles. The second-order valence-electron chi connectivity index (χ2n) is 4.87. The molecule has 0 N–H and O–H groups in total. The molecule has 108 valence electrons. The zero-order valence-electron chi connectivity index (χ0n) is 12.2. The molecule has 0 bridgehead atoms. The van der Waals surface area contributed by atoms with Gasteiger partial charge in [-0.3, -0.25) is 0 Å². The molecule has 0 spiro atoms. The maximum Gasteiger partial charge on any atom is 0.0152 e. The van der Waals surface area contributed by atoms with Crippen LogP contribution in [-0.4, -0.2) is 0 Å². The van der Waals surface area contributed by atoms with E-state index in [1.54, 1.807) is 11.8 Å². The summed E-state index contributed by atoms with van der Waals surface area (Å²) in [6.07, 6.45) is 4.05. The Bertz CT molecular complexity index is 417. The molecule has 4 heteroatoms. The van der Waals surface area contributed by atoms with Crippen molar-refractivity contribution < 1.29 is 0 Å². The molecule has 0 unspecified atom stereocenters. The number of allylic oxidation sites excluding steroid dienone is 5. The Morgan fingerprint density at radius 1 is 1.11 bits per heavy atom. The van der Waals surface area contributed by atoms with Crippen LogP contribution in [0.15, 0.2) is 42.8 Å². The number of halogens is 1. The van der Waals surface area contributed by atoms with Crippen LogP contribution in [-0.2, 0) is 0 Å². The number of hydrogen-bond donors (Lipinski definition) is 2. The van der Waals surface area contributed by atoms with Crippen LogP contribution in [0.5, 0.6) is 0 Å². The molecule has 0 aromatic heterocycles. The molecule has 0 rings (SSSR count). The predicted octanol–water partition coefficient (Wildman–Crippen LogP) is 6.80. The van der Waals surface area contributed by atoms with E-state index in [1.807, 2.05) is 6.08 Å². The van der Waals surface area contributed by atoms with E-state index in [9.17, 15) is 0 Å². The van der Waals surface area contributed by atoms with Gasteiger partial charge in [-0.1, -0.05) is 55.0 Å². The molecule has 0 saturated heterocycles. The van der Waals surface area contributed by atoms with Gasteiger partial charge in [0.2, 0.25) is 0 Å². The highest BCUT2D eigenvalue weighted by atomic mass is 79.9. The summed E-state index contributed by atoms with van der Waals surface area (Å²) < 4.78 is 1.16. The molecule has 0 radical (unpaired) electrons. The molecule has 1 atom stereocenters. The van der Waals surface area contributed by atoms with Crippen molar-refractivity contribution in [3.05, 3.63) is 42.8 Å². The van der Waals surface area contributed by atoms with E-state index in [0.717, 1.165) is 14.3 Å². The van der Waals surface area contributed by atoms with Gasteiger partial charge in [-0.05, 0) is 52.6 Å². The Kier molecular flexibility index (Phi) is 9.67. The van der Waals surface area contributed by atoms with Crippen LogP contribution in [0, 0.1) is 11.8 Å². The number of thioether (sulfide) groups is 1. The molecule has 0 aromatic rings. The van der Waals surface area contributed by atoms with Crippen molar-refractivity contribution in [1.29, 1.82) is 0 Å². The van der Waals surface area contributed by atoms with E-state index >= 15 is 0 Å². The first-order valence-electron chi connectivity index (χ1n) is 6.16. The van der Waals surface area contributed by atoms with Gasteiger partial charge in [0.15, 0.2) is 0 Å². The lowest BCUT2D eigenvalue weighted by atomic mass is 9.97. The Balaban J connectivity index is 4.94. The average molecular weight is 379 g/mol. The number of rotatable bonds is 6. The summed E-state index contributed by atoms with van der Waals surface area (Å²) >= 11 is 14.1. The van der Waals surface area contributed by atoms with Crippen molar-refractivity contribution in [3.8, 4) is 0 Å². The lowest BCUT2D eigenvalue weighted by Crippen LogP contribution is -2.04. The summed E-state index contributed by atoms with van der Waals surface area (Å²) in [5.74, 6) is 1.06. The van der Waals surface area contributed by atoms with Crippen LogP contribution in [0.25, 0.3) is 0 Å². The van der Waals surface area contributed by atoms with E-state index in [2.05, 4.69) is 88.5 Å². The highest BCUT2D eigenvalue weighted by Crippen LogP contribution is 2.33. The first kappa shape index (κ1) is 19.5. The van der Waals surface area contributed by atoms with Gasteiger partial charge in [0.1, 0.15) is 0 Å². The van der Waals surface area contributed by atoms with E-state index in [4.69, 9.17) is 0 Å². The Morgan fingerprint density at radius 3 is 2.00 bits per heavy atom. The van der Waals surface area contributed by atoms with E-state index in [1.165, 1.54) is 9.81 Å². The monoisotopic (exact) mass is 378 g/mol. The van der Waals surface area contributed by atoms with Crippen LogP contribution in [0.4, 0.5) is 0 Å². The molecule has 0 nitrogen and oxygen atoms in total. The van der Waals surface area contributed by atoms with Gasteiger partial charge in [0, 0.05) is 9.39 Å². The number of thiol groups is 2. The summed E-state index contributed by atoms with van der Waals surface area (Å²) in [5.41, 5.74) is 0. The molecule has 0 aliphatic rings. The van der Waals surface area contributed by atoms with Gasteiger partial charge in [0.05, 0.1) is 0 Å². The minimum absolute atomic E-state index is 0.468. The molecule has 0 amide bonds. The fourth-order valence-electron chi connectivity index (χ4n) is 1.33. The maximum absolute atomic E-state index is 4.58. The molecule has 0 heterocycles. The highest BCUT2D eigenvalue weighted by Gasteiger charge is 2.12. The zero-order chi connectivity index (χ0) is 15.2. The van der Waals surface area contributed by atoms with Gasteiger partial charge >= 0.3 is 0 Å². The smallest absolute Gasteiger partial charge is 0.0152 e. The molecule has 0 aliphatic heterocycles. The molecule has 0 fully saturated rings. The third kappa shape index (κ3) is 8.38. The molecular formula is C15H23BrS3. The highest BCUT2D eigenvalue weighted by molar-refractivity contribution is 9.11. The van der Waals surface area contributed by atoms with Gasteiger partial charge in [-0.2, -0.15) is 0 Å². The standard InChI is InChI=1S/C15H23BrS3/c1-9(2)13(6)15(16)14(18)8-12(5)19-11(4)7-10(3)17/h7-9,13,17-18H,3H2,1-2,4-6H3/b11-7+,12-8+,15-14+/t13-/m1/s1. The van der Waals surface area contributed by atoms with Gasteiger partial charge in [-0.15, -0.1) is 25.3 Å². The molecular weight excluding hydrogens is 356 g/mol. The van der Waals surface area contributed by atoms with Crippen molar-refractivity contribution in [1.82, 2.24) is 0 Å². The summed E-state index contributed by atoms with van der Waals surface area (Å²) in [6.45, 7) is 14.5. The normalized spacial score (nSPS) is 16.5. The largest absolute Gasteiger partial charge is 0.144 e. The lowest BCUT2D eigenvalue weighted by Gasteiger charge is -2.16. The first-order chi connectivity index (χ1) is 8.65. The van der Waals surface area contributed by atoms with E-state index < -0.39 is 0 Å². The van der Waals surface area contributed by atoms with Crippen LogP contribution in [0.1, 0.15) is 34.6 Å². The van der Waals surface area contributed by atoms with Gasteiger partial charge in [0.25, 0.3) is 0 Å². The third-order valence-corrected chi connectivity index (χ3v) is 5.51. The Hall–Kier alpha value is 0.490. The minimum Gasteiger partial charge on any atom is -0.144 e. The summed E-state index contributed by atoms with van der Waals surface area (Å²) in [5, 5.41) is 0. The van der Waals surface area contributed by atoms with Crippen molar-refractivity contribution in [2.75, 3.05) is 0 Å². The second-order valence-corrected chi connectivity index (χ2v) is 8.27. The van der Waals surface area contributed by atoms with Crippen LogP contribution in [0.2, 0.25) is 0 Å². The van der Waals surface area contributed by atoms with Crippen LogP contribution in [0.3, 0.4) is 0 Å². The summed E-state index contributed by atoms with van der Waals surface area (Å²) in [7, 11) is 0.